The molecule has 0 saturated heterocycles. The number of phenols is 2. The first-order valence-corrected chi connectivity index (χ1v) is 6.87. The molecule has 0 aliphatic heterocycles. The molecule has 0 aliphatic rings. The van der Waals surface area contributed by atoms with Crippen LogP contribution in [0.5, 0.6) is 11.5 Å². The van der Waals surface area contributed by atoms with Gasteiger partial charge in [-0.1, -0.05) is 11.6 Å². The Morgan fingerprint density at radius 1 is 0.905 bits per heavy atom. The number of rotatable bonds is 2. The number of carbonyl (C=O) groups excluding carboxylic acids is 2. The Bertz CT molecular complexity index is 666. The van der Waals surface area contributed by atoms with E-state index in [1.54, 1.807) is 24.3 Å². The highest BCUT2D eigenvalue weighted by atomic mass is 79.9. The van der Waals surface area contributed by atoms with Crippen LogP contribution in [0.2, 0.25) is 0 Å². The molecule has 0 aliphatic carbocycles. The average Bonchev–Trinajstić information content (AvgIpc) is 2.46. The molecule has 0 spiro atoms. The van der Waals surface area contributed by atoms with Gasteiger partial charge in [0.25, 0.3) is 0 Å². The molecule has 2 aromatic rings. The third kappa shape index (κ3) is 4.72. The van der Waals surface area contributed by atoms with Crippen LogP contribution in [0.4, 0.5) is 0 Å². The van der Waals surface area contributed by atoms with Gasteiger partial charge in [0, 0.05) is 0 Å². The van der Waals surface area contributed by atoms with Gasteiger partial charge in [-0.3, -0.25) is 9.59 Å². The summed E-state index contributed by atoms with van der Waals surface area (Å²) >= 11 is 3.13. The zero-order valence-corrected chi connectivity index (χ0v) is 13.2. The quantitative estimate of drug-likeness (QED) is 0.808. The van der Waals surface area contributed by atoms with Gasteiger partial charge in [-0.25, -0.2) is 0 Å². The van der Waals surface area contributed by atoms with Gasteiger partial charge < -0.3 is 10.2 Å². The largest absolute Gasteiger partial charge is 0.507 e. The molecule has 0 unspecified atom stereocenters. The molecule has 0 radical (unpaired) electrons. The Morgan fingerprint density at radius 2 is 1.48 bits per heavy atom. The third-order valence-electron chi connectivity index (χ3n) is 2.67. The lowest BCUT2D eigenvalue weighted by Gasteiger charge is -2.00. The van der Waals surface area contributed by atoms with Crippen LogP contribution in [0.1, 0.15) is 31.8 Å². The second-order valence-corrected chi connectivity index (χ2v) is 5.34. The minimum atomic E-state index is 0.00519. The molecule has 0 bridgehead atoms. The summed E-state index contributed by atoms with van der Waals surface area (Å²) in [7, 11) is 0. The molecule has 2 aromatic carbocycles. The van der Waals surface area contributed by atoms with E-state index in [0.29, 0.717) is 28.2 Å². The normalized spacial score (nSPS) is 9.48. The topological polar surface area (TPSA) is 74.6 Å². The molecule has 110 valence electrons. The number of aldehydes is 2. The lowest BCUT2D eigenvalue weighted by atomic mass is 10.1. The van der Waals surface area contributed by atoms with E-state index in [9.17, 15) is 14.7 Å². The van der Waals surface area contributed by atoms with Crippen molar-refractivity contribution in [1.82, 2.24) is 0 Å². The Morgan fingerprint density at radius 3 is 2.00 bits per heavy atom. The minimum Gasteiger partial charge on any atom is -0.507 e. The maximum absolute atomic E-state index is 10.4. The van der Waals surface area contributed by atoms with E-state index in [2.05, 4.69) is 15.9 Å². The predicted molar refractivity (Wildman–Crippen MR) is 84.2 cm³/mol. The van der Waals surface area contributed by atoms with Crippen molar-refractivity contribution in [2.24, 2.45) is 0 Å². The molecular formula is C16H15BrO4. The molecule has 2 N–H and O–H groups in total. The van der Waals surface area contributed by atoms with Gasteiger partial charge in [0.05, 0.1) is 15.6 Å². The lowest BCUT2D eigenvalue weighted by molar-refractivity contribution is 0.111. The Kier molecular flexibility index (Phi) is 6.11. The highest BCUT2D eigenvalue weighted by molar-refractivity contribution is 9.10. The van der Waals surface area contributed by atoms with Crippen LogP contribution in [0.15, 0.2) is 34.8 Å². The number of aryl methyl sites for hydroxylation is 2. The van der Waals surface area contributed by atoms with Crippen molar-refractivity contribution in [1.29, 1.82) is 0 Å². The summed E-state index contributed by atoms with van der Waals surface area (Å²) in [5.41, 5.74) is 2.58. The van der Waals surface area contributed by atoms with Crippen LogP contribution < -0.4 is 0 Å². The van der Waals surface area contributed by atoms with Crippen LogP contribution in [-0.2, 0) is 0 Å². The van der Waals surface area contributed by atoms with Crippen LogP contribution in [0.3, 0.4) is 0 Å². The van der Waals surface area contributed by atoms with Crippen LogP contribution in [-0.4, -0.2) is 22.8 Å². The van der Waals surface area contributed by atoms with Gasteiger partial charge in [0.1, 0.15) is 11.5 Å². The highest BCUT2D eigenvalue weighted by Gasteiger charge is 2.04. The monoisotopic (exact) mass is 350 g/mol. The van der Waals surface area contributed by atoms with Crippen molar-refractivity contribution in [3.63, 3.8) is 0 Å². The van der Waals surface area contributed by atoms with Gasteiger partial charge in [0.2, 0.25) is 0 Å². The van der Waals surface area contributed by atoms with Crippen LogP contribution in [0.25, 0.3) is 0 Å². The number of halogens is 1. The molecule has 0 aromatic heterocycles. The fraction of sp³-hybridized carbons (Fsp3) is 0.125. The Balaban J connectivity index is 0.000000211. The summed E-state index contributed by atoms with van der Waals surface area (Å²) in [4.78, 5) is 20.6. The smallest absolute Gasteiger partial charge is 0.153 e. The molecular weight excluding hydrogens is 336 g/mol. The zero-order chi connectivity index (χ0) is 16.0. The second-order valence-electron chi connectivity index (χ2n) is 4.48. The van der Waals surface area contributed by atoms with Crippen LogP contribution >= 0.6 is 15.9 Å². The highest BCUT2D eigenvalue weighted by Crippen LogP contribution is 2.27. The first kappa shape index (κ1) is 16.9. The van der Waals surface area contributed by atoms with Crippen molar-refractivity contribution in [3.05, 3.63) is 57.1 Å². The van der Waals surface area contributed by atoms with Crippen molar-refractivity contribution >= 4 is 28.5 Å². The number of phenolic OH excluding ortho intramolecular Hbond substituents is 2. The lowest BCUT2D eigenvalue weighted by Crippen LogP contribution is -1.84. The molecule has 5 heteroatoms. The maximum atomic E-state index is 10.4. The number of carbonyl (C=O) groups is 2. The van der Waals surface area contributed by atoms with Gasteiger partial charge in [-0.2, -0.15) is 0 Å². The first-order valence-electron chi connectivity index (χ1n) is 6.08. The fourth-order valence-corrected chi connectivity index (χ4v) is 2.21. The maximum Gasteiger partial charge on any atom is 0.153 e. The van der Waals surface area contributed by atoms with E-state index in [4.69, 9.17) is 5.11 Å². The standard InChI is InChI=1S/C8H7BrO2.C8H8O2/c1-5-2-6(4-10)8(11)7(9)3-5;1-6-2-3-8(10)7(4-6)5-9/h2-4,11H,1H3;2-5,10H,1H3. The van der Waals surface area contributed by atoms with Gasteiger partial charge in [0.15, 0.2) is 12.6 Å². The molecule has 0 saturated carbocycles. The van der Waals surface area contributed by atoms with E-state index < -0.39 is 0 Å². The van der Waals surface area contributed by atoms with E-state index in [-0.39, 0.29) is 11.5 Å². The van der Waals surface area contributed by atoms with E-state index in [1.165, 1.54) is 6.07 Å². The SMILES string of the molecule is Cc1cc(Br)c(O)c(C=O)c1.Cc1ccc(O)c(C=O)c1. The van der Waals surface area contributed by atoms with Crippen molar-refractivity contribution in [3.8, 4) is 11.5 Å². The molecule has 4 nitrogen and oxygen atoms in total. The molecule has 0 amide bonds. The summed E-state index contributed by atoms with van der Waals surface area (Å²) in [6, 6.07) is 8.29. The van der Waals surface area contributed by atoms with Crippen molar-refractivity contribution in [2.45, 2.75) is 13.8 Å². The predicted octanol–water partition coefficient (Wildman–Crippen LogP) is 3.79. The fourth-order valence-electron chi connectivity index (χ4n) is 1.62. The van der Waals surface area contributed by atoms with E-state index in [1.807, 2.05) is 13.8 Å². The van der Waals surface area contributed by atoms with Crippen molar-refractivity contribution in [2.75, 3.05) is 0 Å². The second kappa shape index (κ2) is 7.59. The molecule has 21 heavy (non-hydrogen) atoms. The van der Waals surface area contributed by atoms with Gasteiger partial charge >= 0.3 is 0 Å². The first-order chi connectivity index (χ1) is 9.88. The zero-order valence-electron chi connectivity index (χ0n) is 11.6. The van der Waals surface area contributed by atoms with Crippen molar-refractivity contribution < 1.29 is 19.8 Å². The number of aromatic hydroxyl groups is 2. The average molecular weight is 351 g/mol. The summed E-state index contributed by atoms with van der Waals surface area (Å²) in [6.45, 7) is 3.73. The van der Waals surface area contributed by atoms with E-state index in [0.717, 1.165) is 11.1 Å². The molecule has 2 rings (SSSR count). The summed E-state index contributed by atoms with van der Waals surface area (Å²) in [5.74, 6) is 0.0474. The molecule has 0 atom stereocenters. The third-order valence-corrected chi connectivity index (χ3v) is 3.28. The molecule has 0 fully saturated rings. The van der Waals surface area contributed by atoms with Gasteiger partial charge in [-0.05, 0) is 59.6 Å². The number of benzene rings is 2. The van der Waals surface area contributed by atoms with Gasteiger partial charge in [-0.15, -0.1) is 0 Å². The summed E-state index contributed by atoms with van der Waals surface area (Å²) < 4.78 is 0.555. The summed E-state index contributed by atoms with van der Waals surface area (Å²) in [6.07, 6.45) is 1.27. The number of hydrogen-bond donors (Lipinski definition) is 2. The Labute approximate surface area is 131 Å². The van der Waals surface area contributed by atoms with E-state index >= 15 is 0 Å². The molecule has 0 heterocycles. The summed E-state index contributed by atoms with van der Waals surface area (Å²) in [5, 5.41) is 18.2. The number of hydrogen-bond acceptors (Lipinski definition) is 4. The minimum absolute atomic E-state index is 0.00519. The Hall–Kier alpha value is -2.14. The van der Waals surface area contributed by atoms with Crippen LogP contribution in [0, 0.1) is 13.8 Å².